The predicted octanol–water partition coefficient (Wildman–Crippen LogP) is 4.74. The second kappa shape index (κ2) is 6.05. The van der Waals surface area contributed by atoms with Gasteiger partial charge in [0.25, 0.3) is 0 Å². The Morgan fingerprint density at radius 1 is 1.33 bits per heavy atom. The van der Waals surface area contributed by atoms with E-state index < -0.39 is 0 Å². The molecule has 0 aliphatic carbocycles. The third-order valence-corrected chi connectivity index (χ3v) is 4.84. The normalized spacial score (nSPS) is 12.4. The molecule has 3 heterocycles. The number of furan rings is 1. The number of H-pyrrole nitrogens is 1. The van der Waals surface area contributed by atoms with Gasteiger partial charge in [0, 0.05) is 28.0 Å². The average Bonchev–Trinajstić information content (AvgIpc) is 3.33. The second-order valence-corrected chi connectivity index (χ2v) is 6.40. The van der Waals surface area contributed by atoms with Gasteiger partial charge in [-0.3, -0.25) is 0 Å². The molecule has 5 nitrogen and oxygen atoms in total. The molecule has 0 saturated heterocycles. The number of ether oxygens (including phenoxy) is 1. The van der Waals surface area contributed by atoms with E-state index in [0.29, 0.717) is 0 Å². The summed E-state index contributed by atoms with van der Waals surface area (Å²) >= 11 is 1.59. The van der Waals surface area contributed by atoms with Crippen LogP contribution in [0.15, 0.2) is 52.6 Å². The van der Waals surface area contributed by atoms with E-state index in [9.17, 15) is 0 Å². The summed E-state index contributed by atoms with van der Waals surface area (Å²) < 4.78 is 11.0. The highest BCUT2D eigenvalue weighted by Crippen LogP contribution is 2.34. The van der Waals surface area contributed by atoms with Crippen molar-refractivity contribution in [3.8, 4) is 5.75 Å². The molecule has 122 valence electrons. The number of nitrogens with zero attached hydrogens (tertiary/aromatic N) is 1. The Bertz CT molecular complexity index is 956. The Hall–Kier alpha value is -2.73. The lowest BCUT2D eigenvalue weighted by molar-refractivity contribution is 0.415. The maximum absolute atomic E-state index is 5.67. The quantitative estimate of drug-likeness (QED) is 0.551. The molecule has 1 atom stereocenters. The lowest BCUT2D eigenvalue weighted by Gasteiger charge is -2.16. The van der Waals surface area contributed by atoms with Gasteiger partial charge in [0.15, 0.2) is 5.13 Å². The van der Waals surface area contributed by atoms with Crippen LogP contribution in [0, 0.1) is 6.92 Å². The van der Waals surface area contributed by atoms with Gasteiger partial charge in [-0.2, -0.15) is 0 Å². The number of aryl methyl sites for hydroxylation is 1. The monoisotopic (exact) mass is 339 g/mol. The topological polar surface area (TPSA) is 63.1 Å². The number of hydrogen-bond acceptors (Lipinski definition) is 5. The van der Waals surface area contributed by atoms with Crippen LogP contribution in [-0.4, -0.2) is 17.1 Å². The number of aromatic amines is 1. The standard InChI is InChI=1S/C18H17N3O2S/c1-11-10-24-18(20-11)21-17(16-4-3-7-23-16)14-9-19-15-6-5-12(22-2)8-13(14)15/h3-10,17,19H,1-2H3,(H,20,21). The number of thiazole rings is 1. The molecule has 1 aromatic carbocycles. The third kappa shape index (κ3) is 2.65. The first-order chi connectivity index (χ1) is 11.7. The first-order valence-electron chi connectivity index (χ1n) is 7.61. The van der Waals surface area contributed by atoms with Crippen LogP contribution in [0.25, 0.3) is 10.9 Å². The van der Waals surface area contributed by atoms with E-state index in [1.54, 1.807) is 24.7 Å². The minimum Gasteiger partial charge on any atom is -0.497 e. The van der Waals surface area contributed by atoms with Crippen molar-refractivity contribution in [3.63, 3.8) is 0 Å². The Labute approximate surface area is 143 Å². The Morgan fingerprint density at radius 2 is 2.25 bits per heavy atom. The third-order valence-electron chi connectivity index (χ3n) is 3.95. The summed E-state index contributed by atoms with van der Waals surface area (Å²) in [6, 6.07) is 9.73. The van der Waals surface area contributed by atoms with E-state index >= 15 is 0 Å². The molecule has 0 spiro atoms. The summed E-state index contributed by atoms with van der Waals surface area (Å²) in [5, 5.41) is 7.48. The number of methoxy groups -OCH3 is 1. The van der Waals surface area contributed by atoms with Gasteiger partial charge in [0.2, 0.25) is 0 Å². The summed E-state index contributed by atoms with van der Waals surface area (Å²) in [6.07, 6.45) is 3.69. The van der Waals surface area contributed by atoms with Gasteiger partial charge in [-0.05, 0) is 37.3 Å². The molecular formula is C18H17N3O2S. The van der Waals surface area contributed by atoms with E-state index in [1.807, 2.05) is 48.8 Å². The number of hydrogen-bond donors (Lipinski definition) is 2. The fourth-order valence-electron chi connectivity index (χ4n) is 2.79. The van der Waals surface area contributed by atoms with Crippen molar-refractivity contribution in [2.45, 2.75) is 13.0 Å². The van der Waals surface area contributed by atoms with Crippen LogP contribution >= 0.6 is 11.3 Å². The maximum Gasteiger partial charge on any atom is 0.183 e. The molecule has 0 aliphatic rings. The van der Waals surface area contributed by atoms with Gasteiger partial charge in [-0.15, -0.1) is 11.3 Å². The van der Waals surface area contributed by atoms with Crippen molar-refractivity contribution >= 4 is 27.4 Å². The van der Waals surface area contributed by atoms with Crippen LogP contribution in [0.2, 0.25) is 0 Å². The van der Waals surface area contributed by atoms with Crippen LogP contribution < -0.4 is 10.1 Å². The van der Waals surface area contributed by atoms with Gasteiger partial charge in [0.05, 0.1) is 19.1 Å². The highest BCUT2D eigenvalue weighted by molar-refractivity contribution is 7.13. The van der Waals surface area contributed by atoms with Crippen LogP contribution in [0.3, 0.4) is 0 Å². The Kier molecular flexibility index (Phi) is 3.74. The molecule has 0 saturated carbocycles. The lowest BCUT2D eigenvalue weighted by Crippen LogP contribution is -2.11. The van der Waals surface area contributed by atoms with E-state index in [4.69, 9.17) is 9.15 Å². The fourth-order valence-corrected chi connectivity index (χ4v) is 3.51. The van der Waals surface area contributed by atoms with E-state index in [0.717, 1.165) is 38.8 Å². The molecule has 3 aromatic heterocycles. The molecule has 0 bridgehead atoms. The molecule has 0 amide bonds. The number of rotatable bonds is 5. The number of aromatic nitrogens is 2. The maximum atomic E-state index is 5.67. The first kappa shape index (κ1) is 14.8. The van der Waals surface area contributed by atoms with Gasteiger partial charge >= 0.3 is 0 Å². The van der Waals surface area contributed by atoms with E-state index in [-0.39, 0.29) is 6.04 Å². The average molecular weight is 339 g/mol. The van der Waals surface area contributed by atoms with Crippen molar-refractivity contribution in [2.75, 3.05) is 12.4 Å². The molecular weight excluding hydrogens is 322 g/mol. The molecule has 0 fully saturated rings. The molecule has 2 N–H and O–H groups in total. The predicted molar refractivity (Wildman–Crippen MR) is 95.9 cm³/mol. The SMILES string of the molecule is COc1ccc2[nH]cc(C(Nc3nc(C)cs3)c3ccco3)c2c1. The second-order valence-electron chi connectivity index (χ2n) is 5.54. The lowest BCUT2D eigenvalue weighted by atomic mass is 10.0. The molecule has 1 unspecified atom stereocenters. The number of anilines is 1. The summed E-state index contributed by atoms with van der Waals surface area (Å²) in [6.45, 7) is 1.99. The zero-order chi connectivity index (χ0) is 16.5. The molecule has 0 aliphatic heterocycles. The summed E-state index contributed by atoms with van der Waals surface area (Å²) in [4.78, 5) is 7.83. The number of nitrogens with one attached hydrogen (secondary N) is 2. The summed E-state index contributed by atoms with van der Waals surface area (Å²) in [5.41, 5.74) is 3.15. The van der Waals surface area contributed by atoms with Crippen molar-refractivity contribution < 1.29 is 9.15 Å². The van der Waals surface area contributed by atoms with Crippen LogP contribution in [0.5, 0.6) is 5.75 Å². The highest BCUT2D eigenvalue weighted by atomic mass is 32.1. The van der Waals surface area contributed by atoms with Crippen molar-refractivity contribution in [3.05, 3.63) is 65.2 Å². The smallest absolute Gasteiger partial charge is 0.183 e. The Morgan fingerprint density at radius 3 is 2.96 bits per heavy atom. The van der Waals surface area contributed by atoms with Crippen LogP contribution in [-0.2, 0) is 0 Å². The number of fused-ring (bicyclic) bond motifs is 1. The van der Waals surface area contributed by atoms with Crippen molar-refractivity contribution in [1.29, 1.82) is 0 Å². The fraction of sp³-hybridized carbons (Fsp3) is 0.167. The zero-order valence-corrected chi connectivity index (χ0v) is 14.2. The molecule has 0 radical (unpaired) electrons. The summed E-state index contributed by atoms with van der Waals surface area (Å²) in [7, 11) is 1.67. The summed E-state index contributed by atoms with van der Waals surface area (Å²) in [5.74, 6) is 1.67. The van der Waals surface area contributed by atoms with Gasteiger partial charge in [0.1, 0.15) is 17.6 Å². The van der Waals surface area contributed by atoms with Crippen molar-refractivity contribution in [1.82, 2.24) is 9.97 Å². The highest BCUT2D eigenvalue weighted by Gasteiger charge is 2.22. The van der Waals surface area contributed by atoms with Crippen molar-refractivity contribution in [2.24, 2.45) is 0 Å². The Balaban J connectivity index is 1.81. The minimum absolute atomic E-state index is 0.133. The van der Waals surface area contributed by atoms with Gasteiger partial charge in [-0.25, -0.2) is 4.98 Å². The molecule has 24 heavy (non-hydrogen) atoms. The van der Waals surface area contributed by atoms with Crippen LogP contribution in [0.4, 0.5) is 5.13 Å². The molecule has 4 rings (SSSR count). The van der Waals surface area contributed by atoms with E-state index in [1.165, 1.54) is 0 Å². The molecule has 4 aromatic rings. The minimum atomic E-state index is -0.133. The first-order valence-corrected chi connectivity index (χ1v) is 8.49. The molecule has 6 heteroatoms. The van der Waals surface area contributed by atoms with Gasteiger partial charge < -0.3 is 19.5 Å². The van der Waals surface area contributed by atoms with E-state index in [2.05, 4.69) is 15.3 Å². The van der Waals surface area contributed by atoms with Crippen LogP contribution in [0.1, 0.15) is 23.1 Å². The zero-order valence-electron chi connectivity index (χ0n) is 13.4. The largest absolute Gasteiger partial charge is 0.497 e. The number of benzene rings is 1. The van der Waals surface area contributed by atoms with Gasteiger partial charge in [-0.1, -0.05) is 0 Å².